The maximum absolute atomic E-state index is 13.3. The van der Waals surface area contributed by atoms with Gasteiger partial charge in [0.25, 0.3) is 11.8 Å². The van der Waals surface area contributed by atoms with Crippen molar-refractivity contribution in [3.8, 4) is 0 Å². The Balaban J connectivity index is -0.00000198. The Morgan fingerprint density at radius 2 is 1.20 bits per heavy atom. The number of aliphatic hydroxyl groups excluding tert-OH is 4. The first-order valence-electron chi connectivity index (χ1n) is 20.9. The van der Waals surface area contributed by atoms with Gasteiger partial charge in [0.1, 0.15) is 36.3 Å². The van der Waals surface area contributed by atoms with Crippen LogP contribution in [0.25, 0.3) is 0 Å². The Morgan fingerprint density at radius 3 is 1.68 bits per heavy atom. The molecule has 0 aromatic rings. The summed E-state index contributed by atoms with van der Waals surface area (Å²) in [6, 6.07) is -11.5. The molecule has 0 aromatic carbocycles. The number of nitrogens with zero attached hydrogens (tertiary/aromatic N) is 1. The summed E-state index contributed by atoms with van der Waals surface area (Å²) >= 11 is 0. The highest BCUT2D eigenvalue weighted by atomic mass is 32.1. The second kappa shape index (κ2) is 39.0. The van der Waals surface area contributed by atoms with Gasteiger partial charge in [-0.1, -0.05) is 0 Å². The summed E-state index contributed by atoms with van der Waals surface area (Å²) in [6.45, 7) is -5.51. The topological polar surface area (TPSA) is 563 Å². The Labute approximate surface area is 455 Å². The van der Waals surface area contributed by atoms with Crippen LogP contribution in [0.1, 0.15) is 40.5 Å². The fraction of sp³-hybridized carbons (Fsp3) is 0.639. The van der Waals surface area contributed by atoms with Crippen LogP contribution in [0.4, 0.5) is 0 Å². The molecule has 2 unspecified atom stereocenters. The Bertz CT molecular complexity index is 1960. The summed E-state index contributed by atoms with van der Waals surface area (Å²) in [6.07, 6.45) is -0.902. The largest absolute Gasteiger partial charge is 0.550 e. The van der Waals surface area contributed by atoms with Crippen LogP contribution in [-0.2, 0) is 57.5 Å². The number of carboxylic acid groups (broad SMARTS) is 2. The lowest BCUT2D eigenvalue weighted by Crippen LogP contribution is -2.78. The van der Waals surface area contributed by atoms with Crippen molar-refractivity contribution in [2.24, 2.45) is 17.2 Å². The van der Waals surface area contributed by atoms with E-state index >= 15 is 0 Å². The molecule has 1 saturated heterocycles. The van der Waals surface area contributed by atoms with Crippen LogP contribution in [0.3, 0.4) is 0 Å². The van der Waals surface area contributed by atoms with E-state index in [4.69, 9.17) is 17.2 Å². The molecule has 430 valence electrons. The minimum atomic E-state index is -2.45. The average Bonchev–Trinajstić information content (AvgIpc) is 3.80. The van der Waals surface area contributed by atoms with Crippen LogP contribution in [0.2, 0.25) is 0 Å². The second-order valence-corrected chi connectivity index (χ2v) is 15.1. The molecule has 9 atom stereocenters. The highest BCUT2D eigenvalue weighted by Gasteiger charge is 2.40. The Kier molecular flexibility index (Phi) is 40.8. The fourth-order valence-electron chi connectivity index (χ4n) is 6.01. The molecule has 0 aliphatic carbocycles. The molecule has 38 heteroatoms. The zero-order chi connectivity index (χ0) is 52.6. The van der Waals surface area contributed by atoms with Crippen LogP contribution in [0.5, 0.6) is 0 Å². The summed E-state index contributed by atoms with van der Waals surface area (Å²) < 4.78 is 0. The number of hydrogen-bond donors (Lipinski definition) is 18. The van der Waals surface area contributed by atoms with Gasteiger partial charge in [-0.25, -0.2) is 0 Å². The van der Waals surface area contributed by atoms with E-state index in [9.17, 15) is 88.2 Å². The molecule has 23 N–H and O–H groups in total. The number of amides is 10. The van der Waals surface area contributed by atoms with E-state index in [1.54, 1.807) is 0 Å². The molecule has 1 aliphatic heterocycles. The minimum Gasteiger partial charge on any atom is -0.550 e. The Hall–Kier alpha value is -5.50. The predicted octanol–water partition coefficient (Wildman–Crippen LogP) is -17.1. The maximum atomic E-state index is 13.3. The Morgan fingerprint density at radius 1 is 0.716 bits per heavy atom. The molecule has 0 bridgehead atoms. The van der Waals surface area contributed by atoms with Crippen molar-refractivity contribution in [3.05, 3.63) is 0 Å². The number of likely N-dealkylation sites (tertiary alicyclic amines) is 1. The molecule has 0 radical (unpaired) electrons. The van der Waals surface area contributed by atoms with E-state index < -0.39 is 165 Å². The molecule has 10 amide bonds. The van der Waals surface area contributed by atoms with Crippen molar-refractivity contribution >= 4 is 141 Å². The molecule has 0 saturated carbocycles. The fourth-order valence-corrected chi connectivity index (χ4v) is 6.01. The third kappa shape index (κ3) is 26.6. The van der Waals surface area contributed by atoms with Crippen LogP contribution in [-0.4, -0.2) is 209 Å². The van der Waals surface area contributed by atoms with Gasteiger partial charge in [0.05, 0.1) is 58.1 Å². The highest BCUT2D eigenvalue weighted by molar-refractivity contribution is 7.59. The van der Waals surface area contributed by atoms with Gasteiger partial charge in [0, 0.05) is 20.4 Å². The van der Waals surface area contributed by atoms with Crippen molar-refractivity contribution in [1.82, 2.24) is 52.8 Å². The number of guanidine groups is 1. The van der Waals surface area contributed by atoms with Crippen molar-refractivity contribution in [2.75, 3.05) is 59.2 Å². The number of aliphatic carboxylic acids is 2. The normalized spacial score (nSPS) is 15.3. The number of carboxylic acids is 2. The lowest BCUT2D eigenvalue weighted by Gasteiger charge is -2.29. The molecular weight excluding hydrogens is 1090 g/mol. The smallest absolute Gasteiger partial charge is 0.338 e. The van der Waals surface area contributed by atoms with Gasteiger partial charge in [-0.15, -0.1) is 0 Å². The number of carbonyl (C=O) groups excluding carboxylic acids is 12. The van der Waals surface area contributed by atoms with Crippen LogP contribution in [0, 0.1) is 0 Å². The summed E-state index contributed by atoms with van der Waals surface area (Å²) in [5, 5.41) is 80.3. The number of nitrogens with one attached hydrogen (secondary N) is 10. The van der Waals surface area contributed by atoms with E-state index in [0.29, 0.717) is 0 Å². The molecule has 1 heterocycles. The number of carbonyl (C=O) groups is 12. The van der Waals surface area contributed by atoms with E-state index in [1.807, 2.05) is 21.3 Å². The van der Waals surface area contributed by atoms with Gasteiger partial charge >= 0.3 is 5.96 Å². The highest BCUT2D eigenvalue weighted by Crippen LogP contribution is 2.19. The van der Waals surface area contributed by atoms with Crippen molar-refractivity contribution in [1.29, 1.82) is 0 Å². The van der Waals surface area contributed by atoms with E-state index in [0.717, 1.165) is 11.8 Å². The number of aliphatic hydroxyl groups is 4. The standard InChI is InChI=1S/C36H61N15O18.H3P.4H2S.H2/c1-16(33(67)68)44-31(65)22-5-3-7-51(22)32(66)21(14-54)48-29(63)18(8-26(59)60)46-25(58)11-42-27(61)17(4-2-6-41-35(38)39)45-24(57)10-43-28(62)19(12-52)47-30(64)20(13-53)49-34(69)36(40,15-55)50-23(56)9-37;;;;;;/h16-22,52-55H,2-15,37,40H2,1H3,(H,42,61)(H,43,62)(H,44,65)(H,45,57)(H,46,58)(H,47,64)(H,48,63)(H,49,69)(H,50,56)(H,59,60)(H,67,68)(H4,38,39,41);1H3;4*1H2;1H/t16-,17+,18+,19+,20-,21-,22?,36+;;;;;;/m0....../s1/i;;;;;;1+1. The molecule has 74 heavy (non-hydrogen) atoms. The quantitative estimate of drug-likeness (QED) is 0.0104. The summed E-state index contributed by atoms with van der Waals surface area (Å²) in [7, 11) is 0. The van der Waals surface area contributed by atoms with Crippen LogP contribution >= 0.6 is 63.9 Å². The lowest BCUT2D eigenvalue weighted by atomic mass is 10.1. The van der Waals surface area contributed by atoms with Gasteiger partial charge < -0.3 is 98.7 Å². The van der Waals surface area contributed by atoms with Crippen molar-refractivity contribution in [2.45, 2.75) is 87.0 Å². The zero-order valence-electron chi connectivity index (χ0n) is 40.0. The number of rotatable bonds is 30. The van der Waals surface area contributed by atoms with E-state index in [-0.39, 0.29) is 117 Å². The molecule has 33 nitrogen and oxygen atoms in total. The van der Waals surface area contributed by atoms with E-state index in [1.165, 1.54) is 0 Å². The SMILES string of the molecule is C[C@H](NC(=O)C1CCCN1C(=O)[C@H](CO)NC(=O)[C@@H](CC(=O)[O-])NC(=O)CNC(=O)[C@@H](CCC[NH+]=C(N)N)NC(=O)CNC(=O)[C@@H](CO)NC(=O)[C@H](CO)NC(=O)[C@@](N)(CO)NC(=O)C[NH3+])C(=O)[O-].P.S.S.S.S.[2HH]. The van der Waals surface area contributed by atoms with Crippen molar-refractivity contribution in [3.63, 3.8) is 0 Å². The maximum Gasteiger partial charge on any atom is 0.338 e. The molecule has 1 rings (SSSR count). The van der Waals surface area contributed by atoms with E-state index in [2.05, 4.69) is 37.3 Å². The monoisotopic (exact) mass is 1160 g/mol. The molecule has 0 spiro atoms. The predicted molar refractivity (Wildman–Crippen MR) is 277 cm³/mol. The van der Waals surface area contributed by atoms with Crippen molar-refractivity contribution < 1.29 is 100 Å². The molecular formula is C36H74N15O18PS4. The van der Waals surface area contributed by atoms with Gasteiger partial charge in [-0.05, 0) is 32.6 Å². The first-order chi connectivity index (χ1) is 32.4. The minimum absolute atomic E-state index is 0. The lowest BCUT2D eigenvalue weighted by molar-refractivity contribution is -0.459. The second-order valence-electron chi connectivity index (χ2n) is 15.1. The molecule has 0 aromatic heterocycles. The zero-order valence-corrected chi connectivity index (χ0v) is 45.5. The average molecular weight is 1170 g/mol. The first kappa shape index (κ1) is 77.4. The number of nitrogens with two attached hydrogens (primary N) is 3. The summed E-state index contributed by atoms with van der Waals surface area (Å²) in [5.41, 5.74) is 17.3. The molecule has 1 aliphatic rings. The number of hydrogen-bond acceptors (Lipinski definition) is 19. The van der Waals surface area contributed by atoms with Crippen LogP contribution < -0.4 is 86.0 Å². The van der Waals surface area contributed by atoms with Gasteiger partial charge in [-0.2, -0.15) is 63.9 Å². The third-order valence-electron chi connectivity index (χ3n) is 9.73. The van der Waals surface area contributed by atoms with Gasteiger partial charge in [0.15, 0.2) is 12.2 Å². The molecule has 1 fully saturated rings. The number of quaternary nitrogens is 1. The first-order valence-corrected chi connectivity index (χ1v) is 20.9. The summed E-state index contributed by atoms with van der Waals surface area (Å²) in [5.74, 6) is -14.7. The third-order valence-corrected chi connectivity index (χ3v) is 9.73. The summed E-state index contributed by atoms with van der Waals surface area (Å²) in [4.78, 5) is 154. The van der Waals surface area contributed by atoms with Crippen LogP contribution in [0.15, 0.2) is 0 Å². The van der Waals surface area contributed by atoms with Gasteiger partial charge in [-0.3, -0.25) is 70.1 Å². The van der Waals surface area contributed by atoms with Gasteiger partial charge in [0.2, 0.25) is 47.3 Å².